The van der Waals surface area contributed by atoms with E-state index in [4.69, 9.17) is 52.1 Å². The van der Waals surface area contributed by atoms with Gasteiger partial charge in [0.25, 0.3) is 0 Å². The molecule has 0 aromatic heterocycles. The molecular formula is C85H110O13. The van der Waals surface area contributed by atoms with Gasteiger partial charge in [-0.05, 0) is 51.8 Å². The van der Waals surface area contributed by atoms with E-state index in [0.29, 0.717) is 13.0 Å². The molecule has 0 saturated carbocycles. The van der Waals surface area contributed by atoms with E-state index >= 15 is 4.79 Å². The van der Waals surface area contributed by atoms with E-state index in [-0.39, 0.29) is 52.2 Å². The van der Waals surface area contributed by atoms with Gasteiger partial charge < -0.3 is 57.2 Å². The number of hydrogen-bond acceptors (Lipinski definition) is 13. The molecule has 7 aromatic rings. The van der Waals surface area contributed by atoms with Crippen LogP contribution in [-0.2, 0) is 103 Å². The fraction of sp³-hybridized carbons (Fsp3) is 0.494. The maximum atomic E-state index is 15.6. The van der Waals surface area contributed by atoms with E-state index < -0.39 is 80.0 Å². The van der Waals surface area contributed by atoms with Gasteiger partial charge >= 0.3 is 5.97 Å². The highest BCUT2D eigenvalue weighted by atomic mass is 16.8. The van der Waals surface area contributed by atoms with Crippen molar-refractivity contribution < 1.29 is 62.0 Å². The maximum Gasteiger partial charge on any atom is 0.311 e. The Kier molecular flexibility index (Phi) is 34.5. The van der Waals surface area contributed by atoms with E-state index in [2.05, 4.69) is 26.0 Å². The summed E-state index contributed by atoms with van der Waals surface area (Å²) in [5.74, 6) is -0.901. The lowest BCUT2D eigenvalue weighted by atomic mass is 9.91. The molecule has 12 atom stereocenters. The quantitative estimate of drug-likeness (QED) is 0.0286. The van der Waals surface area contributed by atoms with E-state index in [1.54, 1.807) is 0 Å². The van der Waals surface area contributed by atoms with Crippen molar-refractivity contribution in [2.24, 2.45) is 5.92 Å². The largest absolute Gasteiger partial charge is 0.463 e. The topological polar surface area (TPSA) is 139 Å². The molecule has 2 heterocycles. The molecule has 1 N–H and O–H groups in total. The summed E-state index contributed by atoms with van der Waals surface area (Å²) < 4.78 is 78.1. The Morgan fingerprint density at radius 3 is 0.980 bits per heavy atom. The van der Waals surface area contributed by atoms with Gasteiger partial charge in [0, 0.05) is 0 Å². The lowest BCUT2D eigenvalue weighted by Gasteiger charge is -2.49. The molecule has 13 nitrogen and oxygen atoms in total. The van der Waals surface area contributed by atoms with Crippen molar-refractivity contribution in [3.05, 3.63) is 251 Å². The normalized spacial score (nSPS) is 21.5. The molecule has 0 radical (unpaired) electrons. The molecule has 2 aliphatic rings. The minimum atomic E-state index is -1.30. The fourth-order valence-electron chi connectivity index (χ4n) is 13.2. The van der Waals surface area contributed by atoms with Gasteiger partial charge in [-0.3, -0.25) is 4.79 Å². The zero-order valence-corrected chi connectivity index (χ0v) is 58.3. The molecule has 9 rings (SSSR count). The highest BCUT2D eigenvalue weighted by Gasteiger charge is 2.55. The van der Waals surface area contributed by atoms with Crippen LogP contribution in [0.1, 0.15) is 175 Å². The number of esters is 1. The zero-order chi connectivity index (χ0) is 67.9. The van der Waals surface area contributed by atoms with E-state index in [9.17, 15) is 5.11 Å². The van der Waals surface area contributed by atoms with Crippen LogP contribution in [0.15, 0.2) is 212 Å². The Morgan fingerprint density at radius 1 is 0.347 bits per heavy atom. The van der Waals surface area contributed by atoms with Gasteiger partial charge in [0.2, 0.25) is 0 Å². The van der Waals surface area contributed by atoms with Gasteiger partial charge in [0.1, 0.15) is 55.4 Å². The molecule has 2 saturated heterocycles. The summed E-state index contributed by atoms with van der Waals surface area (Å²) >= 11 is 0. The van der Waals surface area contributed by atoms with Crippen molar-refractivity contribution >= 4 is 5.97 Å². The van der Waals surface area contributed by atoms with Gasteiger partial charge in [-0.1, -0.05) is 335 Å². The van der Waals surface area contributed by atoms with E-state index in [0.717, 1.165) is 83.9 Å². The van der Waals surface area contributed by atoms with Crippen LogP contribution >= 0.6 is 0 Å². The number of benzene rings is 7. The minimum Gasteiger partial charge on any atom is -0.463 e. The van der Waals surface area contributed by atoms with Crippen molar-refractivity contribution in [1.29, 1.82) is 0 Å². The average Bonchev–Trinajstić information content (AvgIpc) is 0.774. The lowest BCUT2D eigenvalue weighted by molar-refractivity contribution is -0.393. The summed E-state index contributed by atoms with van der Waals surface area (Å²) in [6.45, 7) is 5.28. The monoisotopic (exact) mass is 1340 g/mol. The van der Waals surface area contributed by atoms with Crippen LogP contribution in [-0.4, -0.2) is 91.8 Å². The van der Waals surface area contributed by atoms with Crippen LogP contribution in [0.3, 0.4) is 0 Å². The average molecular weight is 1340 g/mol. The second-order valence-corrected chi connectivity index (χ2v) is 26.4. The summed E-state index contributed by atoms with van der Waals surface area (Å²) in [7, 11) is 0. The van der Waals surface area contributed by atoms with Crippen LogP contribution in [0.25, 0.3) is 0 Å². The molecule has 0 amide bonds. The van der Waals surface area contributed by atoms with E-state index in [1.165, 1.54) is 70.6 Å². The summed E-state index contributed by atoms with van der Waals surface area (Å²) in [5.41, 5.74) is 6.60. The number of aliphatic hydroxyl groups is 1. The maximum absolute atomic E-state index is 15.6. The van der Waals surface area contributed by atoms with Gasteiger partial charge in [-0.25, -0.2) is 0 Å². The summed E-state index contributed by atoms with van der Waals surface area (Å²) in [5, 5.41) is 11.5. The smallest absolute Gasteiger partial charge is 0.311 e. The lowest BCUT2D eigenvalue weighted by Crippen LogP contribution is -2.66. The first kappa shape index (κ1) is 75.8. The predicted molar refractivity (Wildman–Crippen MR) is 384 cm³/mol. The molecule has 0 spiro atoms. The number of aliphatic hydroxyl groups excluding tert-OH is 1. The number of ether oxygens (including phenoxy) is 11. The van der Waals surface area contributed by atoms with Gasteiger partial charge in [-0.2, -0.15) is 0 Å². The van der Waals surface area contributed by atoms with Crippen molar-refractivity contribution in [1.82, 2.24) is 0 Å². The Balaban J connectivity index is 1.08. The minimum absolute atomic E-state index is 0.145. The molecule has 13 heteroatoms. The third-order valence-corrected chi connectivity index (χ3v) is 18.8. The molecule has 98 heavy (non-hydrogen) atoms. The number of carbonyl (C=O) groups is 1. The molecule has 0 bridgehead atoms. The highest BCUT2D eigenvalue weighted by Crippen LogP contribution is 2.38. The Labute approximate surface area is 585 Å². The van der Waals surface area contributed by atoms with Gasteiger partial charge in [-0.15, -0.1) is 0 Å². The molecule has 0 unspecified atom stereocenters. The first-order chi connectivity index (χ1) is 48.5. The van der Waals surface area contributed by atoms with Crippen molar-refractivity contribution in [3.63, 3.8) is 0 Å². The number of rotatable bonds is 47. The third kappa shape index (κ3) is 25.9. The Bertz CT molecular complexity index is 3130. The molecule has 7 aromatic carbocycles. The van der Waals surface area contributed by atoms with Crippen LogP contribution in [0, 0.1) is 5.92 Å². The molecular weight excluding hydrogens is 1230 g/mol. The zero-order valence-electron chi connectivity index (χ0n) is 58.3. The second-order valence-electron chi connectivity index (χ2n) is 26.4. The number of unbranched alkanes of at least 4 members (excludes halogenated alkanes) is 15. The Hall–Kier alpha value is -6.43. The molecule has 2 fully saturated rings. The predicted octanol–water partition coefficient (Wildman–Crippen LogP) is 18.2. The van der Waals surface area contributed by atoms with Gasteiger partial charge in [0.05, 0.1) is 64.9 Å². The standard InChI is InChI=1S/C85H110O13/c1-3-5-7-9-11-13-15-17-40-56-74(88-58-66-41-25-18-26-42-66)73(55-39-16-14-12-10-8-6-4-2)83(87)95-65-76-78(90-60-68-45-29-20-30-46-68)80(92-62-70-49-33-22-34-50-70)82(94-64-72-53-37-24-38-54-72)85(97-76)98-84-81(93-63-71-51-35-23-36-52-71)79(91-61-69-47-31-21-32-48-69)77(75(57-86)96-84)89-59-67-43-27-19-28-44-67/h18-38,41-54,73-82,84-86H,3-17,39-40,55-65H2,1-2H3/t73-,74-,75-,76-,77-,78-,79+,80+,81-,82-,84-,85-/m1/s1. The Morgan fingerprint density at radius 2 is 0.633 bits per heavy atom. The fourth-order valence-corrected chi connectivity index (χ4v) is 13.2. The van der Waals surface area contributed by atoms with Crippen molar-refractivity contribution in [2.75, 3.05) is 13.2 Å². The molecule has 528 valence electrons. The highest BCUT2D eigenvalue weighted by molar-refractivity contribution is 5.73. The van der Waals surface area contributed by atoms with Crippen molar-refractivity contribution in [3.8, 4) is 0 Å². The van der Waals surface area contributed by atoms with Crippen LogP contribution in [0.5, 0.6) is 0 Å². The van der Waals surface area contributed by atoms with Gasteiger partial charge in [0.15, 0.2) is 12.6 Å². The van der Waals surface area contributed by atoms with E-state index in [1.807, 2.05) is 200 Å². The first-order valence-corrected chi connectivity index (χ1v) is 36.8. The van der Waals surface area contributed by atoms with Crippen LogP contribution < -0.4 is 0 Å². The first-order valence-electron chi connectivity index (χ1n) is 36.8. The number of hydrogen-bond donors (Lipinski definition) is 1. The third-order valence-electron chi connectivity index (χ3n) is 18.8. The van der Waals surface area contributed by atoms with Crippen LogP contribution in [0.2, 0.25) is 0 Å². The second kappa shape index (κ2) is 44.6. The van der Waals surface area contributed by atoms with Crippen LogP contribution in [0.4, 0.5) is 0 Å². The summed E-state index contributed by atoms with van der Waals surface area (Å²) in [6.07, 6.45) is 10.7. The van der Waals surface area contributed by atoms with Crippen molar-refractivity contribution in [2.45, 2.75) is 250 Å². The molecule has 2 aliphatic heterocycles. The summed E-state index contributed by atoms with van der Waals surface area (Å²) in [4.78, 5) is 15.6. The number of carbonyl (C=O) groups excluding carboxylic acids is 1. The molecule has 0 aliphatic carbocycles. The SMILES string of the molecule is CCCCCCCCCCC[C@@H](OCc1ccccc1)[C@@H](CCCCCCCCCC)C(=O)OC[C@H]1O[C@H](O[C@H]2O[C@H](CO)[C@@H](OCc3ccccc3)[C@H](OCc3ccccc3)[C@H]2OCc2ccccc2)[C@H](OCc2ccccc2)[C@@H](OCc2ccccc2)[C@@H]1OCc1ccccc1. The summed E-state index contributed by atoms with van der Waals surface area (Å²) in [6, 6.07) is 69.9.